The Morgan fingerprint density at radius 2 is 1.81 bits per heavy atom. The van der Waals surface area contributed by atoms with E-state index < -0.39 is 0 Å². The van der Waals surface area contributed by atoms with Gasteiger partial charge in [-0.25, -0.2) is 9.48 Å². The molecule has 0 unspecified atom stereocenters. The SMILES string of the molecule is CCc1c(C)nn(-c2ccc(OCc3c(Br)cccc3-n3nnn(C)c3=O)c(C)c2)c1C. The molecule has 0 aliphatic heterocycles. The minimum absolute atomic E-state index is 0.264. The second-order valence-corrected chi connectivity index (χ2v) is 8.54. The quantitative estimate of drug-likeness (QED) is 0.403. The van der Waals surface area contributed by atoms with Crippen molar-refractivity contribution in [2.45, 2.75) is 40.7 Å². The van der Waals surface area contributed by atoms with Crippen LogP contribution in [0, 0.1) is 20.8 Å². The highest BCUT2D eigenvalue weighted by Crippen LogP contribution is 2.28. The van der Waals surface area contributed by atoms with Gasteiger partial charge in [-0.05, 0) is 79.1 Å². The molecule has 0 N–H and O–H groups in total. The summed E-state index contributed by atoms with van der Waals surface area (Å²) in [4.78, 5) is 12.3. The largest absolute Gasteiger partial charge is 0.489 e. The van der Waals surface area contributed by atoms with Gasteiger partial charge in [0, 0.05) is 22.8 Å². The zero-order valence-corrected chi connectivity index (χ0v) is 20.3. The van der Waals surface area contributed by atoms with Gasteiger partial charge in [-0.3, -0.25) is 0 Å². The Morgan fingerprint density at radius 1 is 1.03 bits per heavy atom. The summed E-state index contributed by atoms with van der Waals surface area (Å²) in [5.74, 6) is 0.763. The summed E-state index contributed by atoms with van der Waals surface area (Å²) in [6.45, 7) is 8.57. The Hall–Kier alpha value is -3.20. The maximum absolute atomic E-state index is 12.3. The second kappa shape index (κ2) is 8.74. The zero-order chi connectivity index (χ0) is 23.0. The molecule has 0 amide bonds. The molecule has 0 bridgehead atoms. The third-order valence-corrected chi connectivity index (χ3v) is 6.36. The first-order valence-electron chi connectivity index (χ1n) is 10.4. The summed E-state index contributed by atoms with van der Waals surface area (Å²) < 4.78 is 11.4. The van der Waals surface area contributed by atoms with Gasteiger partial charge in [0.2, 0.25) is 0 Å². The van der Waals surface area contributed by atoms with Crippen molar-refractivity contribution in [1.29, 1.82) is 0 Å². The van der Waals surface area contributed by atoms with Gasteiger partial charge in [0.25, 0.3) is 0 Å². The van der Waals surface area contributed by atoms with Crippen molar-refractivity contribution in [2.75, 3.05) is 0 Å². The van der Waals surface area contributed by atoms with E-state index in [-0.39, 0.29) is 12.3 Å². The average Bonchev–Trinajstić information content (AvgIpc) is 3.25. The zero-order valence-electron chi connectivity index (χ0n) is 18.8. The predicted molar refractivity (Wildman–Crippen MR) is 126 cm³/mol. The van der Waals surface area contributed by atoms with Gasteiger partial charge in [-0.15, -0.1) is 0 Å². The Morgan fingerprint density at radius 3 is 2.44 bits per heavy atom. The first-order valence-corrected chi connectivity index (χ1v) is 11.2. The third kappa shape index (κ3) is 3.88. The summed E-state index contributed by atoms with van der Waals surface area (Å²) in [5, 5.41) is 12.5. The molecule has 2 aromatic carbocycles. The van der Waals surface area contributed by atoms with E-state index >= 15 is 0 Å². The average molecular weight is 497 g/mol. The number of hydrogen-bond acceptors (Lipinski definition) is 5. The number of benzene rings is 2. The molecule has 0 aliphatic rings. The minimum Gasteiger partial charge on any atom is -0.489 e. The van der Waals surface area contributed by atoms with Crippen LogP contribution >= 0.6 is 15.9 Å². The first kappa shape index (κ1) is 22.0. The molecule has 4 aromatic rings. The van der Waals surface area contributed by atoms with Crippen molar-refractivity contribution in [1.82, 2.24) is 29.6 Å². The molecule has 2 aromatic heterocycles. The first-order chi connectivity index (χ1) is 15.3. The molecule has 0 spiro atoms. The fourth-order valence-corrected chi connectivity index (χ4v) is 4.34. The van der Waals surface area contributed by atoms with Crippen LogP contribution in [-0.2, 0) is 20.1 Å². The summed E-state index contributed by atoms with van der Waals surface area (Å²) in [6, 6.07) is 11.6. The molecular weight excluding hydrogens is 472 g/mol. The lowest BCUT2D eigenvalue weighted by atomic mass is 10.1. The van der Waals surface area contributed by atoms with Gasteiger partial charge >= 0.3 is 5.69 Å². The second-order valence-electron chi connectivity index (χ2n) is 7.69. The molecular formula is C23H25BrN6O2. The Kier molecular flexibility index (Phi) is 6.01. The van der Waals surface area contributed by atoms with Gasteiger partial charge in [0.15, 0.2) is 0 Å². The van der Waals surface area contributed by atoms with Gasteiger partial charge in [-0.2, -0.15) is 14.5 Å². The fraction of sp³-hybridized carbons (Fsp3) is 0.304. The molecule has 0 aliphatic carbocycles. The van der Waals surface area contributed by atoms with Crippen LogP contribution in [0.2, 0.25) is 0 Å². The van der Waals surface area contributed by atoms with Crippen LogP contribution in [0.3, 0.4) is 0 Å². The monoisotopic (exact) mass is 496 g/mol. The molecule has 2 heterocycles. The highest BCUT2D eigenvalue weighted by atomic mass is 79.9. The summed E-state index contributed by atoms with van der Waals surface area (Å²) in [6.07, 6.45) is 0.959. The van der Waals surface area contributed by atoms with Crippen molar-refractivity contribution < 1.29 is 4.74 Å². The van der Waals surface area contributed by atoms with E-state index in [1.165, 1.54) is 14.9 Å². The molecule has 0 atom stereocenters. The molecule has 0 saturated carbocycles. The number of hydrogen-bond donors (Lipinski definition) is 0. The maximum Gasteiger partial charge on any atom is 0.368 e. The predicted octanol–water partition coefficient (Wildman–Crippen LogP) is 3.98. The highest BCUT2D eigenvalue weighted by molar-refractivity contribution is 9.10. The van der Waals surface area contributed by atoms with Crippen LogP contribution in [-0.4, -0.2) is 29.6 Å². The lowest BCUT2D eigenvalue weighted by Crippen LogP contribution is -2.23. The molecule has 166 valence electrons. The van der Waals surface area contributed by atoms with E-state index in [4.69, 9.17) is 9.84 Å². The number of nitrogens with zero attached hydrogens (tertiary/aromatic N) is 6. The van der Waals surface area contributed by atoms with Gasteiger partial charge in [0.05, 0.1) is 17.1 Å². The summed E-state index contributed by atoms with van der Waals surface area (Å²) in [5.41, 5.74) is 6.62. The van der Waals surface area contributed by atoms with E-state index in [2.05, 4.69) is 46.3 Å². The number of ether oxygens (including phenoxy) is 1. The van der Waals surface area contributed by atoms with E-state index in [1.54, 1.807) is 7.05 Å². The Bertz CT molecular complexity index is 1350. The highest BCUT2D eigenvalue weighted by Gasteiger charge is 2.16. The smallest absolute Gasteiger partial charge is 0.368 e. The van der Waals surface area contributed by atoms with E-state index in [0.717, 1.165) is 44.8 Å². The topological polar surface area (TPSA) is 79.8 Å². The number of rotatable bonds is 6. The van der Waals surface area contributed by atoms with Crippen molar-refractivity contribution in [3.05, 3.63) is 79.4 Å². The van der Waals surface area contributed by atoms with Crippen molar-refractivity contribution in [3.8, 4) is 17.1 Å². The van der Waals surface area contributed by atoms with Crippen molar-refractivity contribution >= 4 is 15.9 Å². The Labute approximate surface area is 194 Å². The van der Waals surface area contributed by atoms with Crippen LogP contribution in [0.5, 0.6) is 5.75 Å². The lowest BCUT2D eigenvalue weighted by molar-refractivity contribution is 0.302. The maximum atomic E-state index is 12.3. The number of aryl methyl sites for hydroxylation is 3. The molecule has 9 heteroatoms. The molecule has 0 saturated heterocycles. The van der Waals surface area contributed by atoms with Crippen molar-refractivity contribution in [2.24, 2.45) is 7.05 Å². The van der Waals surface area contributed by atoms with E-state index in [0.29, 0.717) is 5.69 Å². The normalized spacial score (nSPS) is 11.2. The summed E-state index contributed by atoms with van der Waals surface area (Å²) in [7, 11) is 1.57. The van der Waals surface area contributed by atoms with Crippen LogP contribution in [0.4, 0.5) is 0 Å². The molecule has 0 radical (unpaired) electrons. The number of aromatic nitrogens is 6. The van der Waals surface area contributed by atoms with Gasteiger partial charge in [-0.1, -0.05) is 28.9 Å². The van der Waals surface area contributed by atoms with Crippen LogP contribution < -0.4 is 10.4 Å². The molecule has 4 rings (SSSR count). The van der Waals surface area contributed by atoms with Gasteiger partial charge < -0.3 is 4.74 Å². The number of tetrazole rings is 1. The fourth-order valence-electron chi connectivity index (χ4n) is 3.87. The molecule has 32 heavy (non-hydrogen) atoms. The van der Waals surface area contributed by atoms with Crippen LogP contribution in [0.15, 0.2) is 45.7 Å². The minimum atomic E-state index is -0.318. The molecule has 0 fully saturated rings. The van der Waals surface area contributed by atoms with Crippen LogP contribution in [0.1, 0.15) is 35.0 Å². The van der Waals surface area contributed by atoms with Gasteiger partial charge in [0.1, 0.15) is 12.4 Å². The molecule has 8 nitrogen and oxygen atoms in total. The Balaban J connectivity index is 1.62. The van der Waals surface area contributed by atoms with E-state index in [9.17, 15) is 4.79 Å². The summed E-state index contributed by atoms with van der Waals surface area (Å²) >= 11 is 3.57. The van der Waals surface area contributed by atoms with E-state index in [1.807, 2.05) is 48.9 Å². The lowest BCUT2D eigenvalue weighted by Gasteiger charge is -2.14. The third-order valence-electron chi connectivity index (χ3n) is 5.61. The van der Waals surface area contributed by atoms with Crippen LogP contribution in [0.25, 0.3) is 11.4 Å². The van der Waals surface area contributed by atoms with Crippen molar-refractivity contribution in [3.63, 3.8) is 0 Å². The standard InChI is InChI=1S/C23H25BrN6O2/c1-6-18-15(3)25-29(16(18)4)17-10-11-22(14(2)12-17)32-13-19-20(24)8-7-9-21(19)30-23(31)28(5)26-27-30/h7-12H,6,13H2,1-5H3. The number of halogens is 1.